The molecule has 1 saturated carbocycles. The number of hydrazine groups is 1. The Hall–Kier alpha value is -1.47. The van der Waals surface area contributed by atoms with Crippen molar-refractivity contribution < 1.29 is 19.2 Å². The zero-order valence-electron chi connectivity index (χ0n) is 9.73. The number of nitrogens with two attached hydrogens (primary N) is 1. The molecular weight excluding hydrogens is 226 g/mol. The fourth-order valence-electron chi connectivity index (χ4n) is 2.54. The van der Waals surface area contributed by atoms with E-state index < -0.39 is 5.97 Å². The maximum absolute atomic E-state index is 11.9. The summed E-state index contributed by atoms with van der Waals surface area (Å²) in [6.45, 7) is 3.87. The number of likely N-dealkylation sites (tertiary alicyclic amines) is 1. The van der Waals surface area contributed by atoms with Gasteiger partial charge in [0.05, 0.1) is 18.3 Å². The first-order chi connectivity index (χ1) is 7.91. The summed E-state index contributed by atoms with van der Waals surface area (Å²) in [5, 5.41) is 0. The summed E-state index contributed by atoms with van der Waals surface area (Å²) < 4.78 is 0. The fraction of sp³-hybridized carbons (Fsp3) is 0.700. The molecule has 0 bridgehead atoms. The molecule has 2 rings (SSSR count). The molecule has 2 atom stereocenters. The average molecular weight is 241 g/mol. The van der Waals surface area contributed by atoms with Gasteiger partial charge in [0, 0.05) is 6.54 Å². The van der Waals surface area contributed by atoms with E-state index in [1.54, 1.807) is 5.59 Å². The highest BCUT2D eigenvalue weighted by molar-refractivity contribution is 6.10. The largest absolute Gasteiger partial charge is 0.356 e. The third kappa shape index (κ3) is 1.71. The van der Waals surface area contributed by atoms with Gasteiger partial charge in [0.15, 0.2) is 0 Å². The van der Waals surface area contributed by atoms with Gasteiger partial charge in [-0.25, -0.2) is 5.84 Å². The first-order valence-corrected chi connectivity index (χ1v) is 5.41. The van der Waals surface area contributed by atoms with Gasteiger partial charge in [-0.2, -0.15) is 0 Å². The second kappa shape index (κ2) is 3.78. The summed E-state index contributed by atoms with van der Waals surface area (Å²) in [5.41, 5.74) is 1.54. The second-order valence-corrected chi connectivity index (χ2v) is 4.95. The molecule has 0 radical (unpaired) electrons. The van der Waals surface area contributed by atoms with Crippen molar-refractivity contribution in [2.75, 3.05) is 6.54 Å². The van der Waals surface area contributed by atoms with E-state index in [1.807, 2.05) is 13.8 Å². The molecular formula is C10H15N3O4. The van der Waals surface area contributed by atoms with Crippen molar-refractivity contribution >= 4 is 17.8 Å². The lowest BCUT2D eigenvalue weighted by Gasteiger charge is -2.19. The number of hydrogen-bond acceptors (Lipinski definition) is 6. The number of rotatable bonds is 4. The molecule has 3 N–H and O–H groups in total. The fourth-order valence-corrected chi connectivity index (χ4v) is 2.54. The predicted octanol–water partition coefficient (Wildman–Crippen LogP) is -1.06. The Bertz CT molecular complexity index is 369. The first kappa shape index (κ1) is 12.0. The Kier molecular flexibility index (Phi) is 2.67. The van der Waals surface area contributed by atoms with Crippen molar-refractivity contribution in [3.05, 3.63) is 0 Å². The molecule has 0 aromatic rings. The van der Waals surface area contributed by atoms with Gasteiger partial charge in [-0.3, -0.25) is 19.3 Å². The number of nitrogens with one attached hydrogen (secondary N) is 1. The van der Waals surface area contributed by atoms with Crippen LogP contribution in [0.4, 0.5) is 0 Å². The van der Waals surface area contributed by atoms with Gasteiger partial charge in [0.2, 0.25) is 11.8 Å². The number of imide groups is 1. The number of fused-ring (bicyclic) bond motifs is 1. The van der Waals surface area contributed by atoms with Crippen LogP contribution in [0.5, 0.6) is 0 Å². The molecule has 7 heteroatoms. The van der Waals surface area contributed by atoms with Crippen molar-refractivity contribution in [2.45, 2.75) is 20.3 Å². The van der Waals surface area contributed by atoms with E-state index in [4.69, 9.17) is 5.84 Å². The molecule has 7 nitrogen and oxygen atoms in total. The van der Waals surface area contributed by atoms with Gasteiger partial charge in [-0.1, -0.05) is 19.4 Å². The zero-order chi connectivity index (χ0) is 12.8. The highest BCUT2D eigenvalue weighted by Gasteiger charge is 2.72. The predicted molar refractivity (Wildman–Crippen MR) is 55.5 cm³/mol. The number of piperidine rings is 1. The van der Waals surface area contributed by atoms with E-state index in [1.165, 1.54) is 0 Å². The van der Waals surface area contributed by atoms with Gasteiger partial charge in [0.25, 0.3) is 0 Å². The van der Waals surface area contributed by atoms with Gasteiger partial charge in [0.1, 0.15) is 0 Å². The lowest BCUT2D eigenvalue weighted by atomic mass is 10.1. The third-order valence-corrected chi connectivity index (χ3v) is 3.60. The van der Waals surface area contributed by atoms with Crippen LogP contribution in [0, 0.1) is 17.3 Å². The average Bonchev–Trinajstić information content (AvgIpc) is 2.69. The van der Waals surface area contributed by atoms with Crippen LogP contribution < -0.4 is 11.4 Å². The number of carbonyl (C=O) groups excluding carboxylic acids is 3. The normalized spacial score (nSPS) is 29.2. The molecule has 94 valence electrons. The van der Waals surface area contributed by atoms with E-state index >= 15 is 0 Å². The molecule has 2 aliphatic rings. The van der Waals surface area contributed by atoms with Crippen molar-refractivity contribution in [3.8, 4) is 0 Å². The standard InChI is InChI=1S/C10H15N3O4/c1-10(2)6-7(10)9(16)13(8(6)15)4-3-5(14)17-12-11/h6-7,12H,3-4,11H2,1-2H3. The smallest absolute Gasteiger partial charge is 0.328 e. The van der Waals surface area contributed by atoms with Gasteiger partial charge in [-0.05, 0) is 5.41 Å². The van der Waals surface area contributed by atoms with Gasteiger partial charge < -0.3 is 4.84 Å². The molecule has 2 unspecified atom stereocenters. The number of nitrogens with zero attached hydrogens (tertiary/aromatic N) is 1. The number of amides is 2. The molecule has 1 heterocycles. The van der Waals surface area contributed by atoms with Crippen molar-refractivity contribution in [1.29, 1.82) is 0 Å². The Balaban J connectivity index is 1.91. The van der Waals surface area contributed by atoms with Gasteiger partial charge in [-0.15, -0.1) is 0 Å². The molecule has 0 aromatic carbocycles. The van der Waals surface area contributed by atoms with E-state index in [2.05, 4.69) is 4.84 Å². The van der Waals surface area contributed by atoms with Crippen LogP contribution >= 0.6 is 0 Å². The van der Waals surface area contributed by atoms with Crippen LogP contribution in [0.2, 0.25) is 0 Å². The number of hydrogen-bond donors (Lipinski definition) is 2. The Labute approximate surface area is 98.2 Å². The highest BCUT2D eigenvalue weighted by Crippen LogP contribution is 2.63. The maximum Gasteiger partial charge on any atom is 0.328 e. The second-order valence-electron chi connectivity index (χ2n) is 4.95. The Morgan fingerprint density at radius 3 is 2.41 bits per heavy atom. The van der Waals surface area contributed by atoms with Crippen LogP contribution in [0.15, 0.2) is 0 Å². The lowest BCUT2D eigenvalue weighted by Crippen LogP contribution is -2.38. The van der Waals surface area contributed by atoms with Crippen molar-refractivity contribution in [1.82, 2.24) is 10.5 Å². The minimum atomic E-state index is -0.604. The summed E-state index contributed by atoms with van der Waals surface area (Å²) >= 11 is 0. The lowest BCUT2D eigenvalue weighted by molar-refractivity contribution is -0.152. The summed E-state index contributed by atoms with van der Waals surface area (Å²) in [7, 11) is 0. The van der Waals surface area contributed by atoms with Gasteiger partial charge >= 0.3 is 5.97 Å². The van der Waals surface area contributed by atoms with Crippen LogP contribution in [0.3, 0.4) is 0 Å². The van der Waals surface area contributed by atoms with E-state index in [9.17, 15) is 14.4 Å². The number of carbonyl (C=O) groups is 3. The summed E-state index contributed by atoms with van der Waals surface area (Å²) in [6.07, 6.45) is -0.0540. The van der Waals surface area contributed by atoms with Crippen molar-refractivity contribution in [2.24, 2.45) is 23.1 Å². The monoisotopic (exact) mass is 241 g/mol. The third-order valence-electron chi connectivity index (χ3n) is 3.60. The first-order valence-electron chi connectivity index (χ1n) is 5.41. The van der Waals surface area contributed by atoms with Crippen molar-refractivity contribution in [3.63, 3.8) is 0 Å². The molecule has 17 heavy (non-hydrogen) atoms. The molecule has 1 aliphatic heterocycles. The summed E-state index contributed by atoms with van der Waals surface area (Å²) in [6, 6.07) is 0. The summed E-state index contributed by atoms with van der Waals surface area (Å²) in [4.78, 5) is 40.2. The molecule has 1 saturated heterocycles. The highest BCUT2D eigenvalue weighted by atomic mass is 16.7. The Morgan fingerprint density at radius 1 is 1.41 bits per heavy atom. The zero-order valence-corrected chi connectivity index (χ0v) is 9.73. The Morgan fingerprint density at radius 2 is 1.94 bits per heavy atom. The van der Waals surface area contributed by atoms with Crippen LogP contribution in [-0.4, -0.2) is 29.2 Å². The topological polar surface area (TPSA) is 102 Å². The summed E-state index contributed by atoms with van der Waals surface area (Å²) in [5.74, 6) is 3.41. The maximum atomic E-state index is 11.9. The minimum Gasteiger partial charge on any atom is -0.356 e. The van der Waals surface area contributed by atoms with Crippen LogP contribution in [-0.2, 0) is 19.2 Å². The van der Waals surface area contributed by atoms with E-state index in [0.29, 0.717) is 0 Å². The molecule has 2 amide bonds. The molecule has 2 fully saturated rings. The van der Waals surface area contributed by atoms with Crippen LogP contribution in [0.25, 0.3) is 0 Å². The molecule has 0 aromatic heterocycles. The molecule has 0 spiro atoms. The van der Waals surface area contributed by atoms with E-state index in [-0.39, 0.29) is 42.0 Å². The quantitative estimate of drug-likeness (QED) is 0.369. The van der Waals surface area contributed by atoms with Crippen LogP contribution in [0.1, 0.15) is 20.3 Å². The minimum absolute atomic E-state index is 0.0540. The van der Waals surface area contributed by atoms with E-state index in [0.717, 1.165) is 4.90 Å². The SMILES string of the molecule is CC1(C)C2C(=O)N(CCC(=O)ONN)C(=O)C21. The molecule has 1 aliphatic carbocycles.